The predicted molar refractivity (Wildman–Crippen MR) is 92.6 cm³/mol. The van der Waals surface area contributed by atoms with E-state index in [-0.39, 0.29) is 29.1 Å². The van der Waals surface area contributed by atoms with Crippen molar-refractivity contribution in [3.63, 3.8) is 0 Å². The molecule has 0 spiro atoms. The summed E-state index contributed by atoms with van der Waals surface area (Å²) in [5.74, 6) is -1.49. The smallest absolute Gasteiger partial charge is 0.416 e. The van der Waals surface area contributed by atoms with Gasteiger partial charge in [-0.05, 0) is 43.5 Å². The number of carbonyl (C=O) groups is 1. The Kier molecular flexibility index (Phi) is 4.76. The molecule has 1 fully saturated rings. The average molecular weight is 438 g/mol. The summed E-state index contributed by atoms with van der Waals surface area (Å²) in [6.07, 6.45) is -4.19. The molecule has 12 heteroatoms. The van der Waals surface area contributed by atoms with Gasteiger partial charge in [0.25, 0.3) is 0 Å². The summed E-state index contributed by atoms with van der Waals surface area (Å²) in [4.78, 5) is 10.9. The summed E-state index contributed by atoms with van der Waals surface area (Å²) in [6.45, 7) is 1.33. The number of aryl methyl sites for hydroxylation is 2. The molecule has 0 radical (unpaired) electrons. The quantitative estimate of drug-likeness (QED) is 0.748. The molecule has 7 nitrogen and oxygen atoms in total. The van der Waals surface area contributed by atoms with Crippen molar-refractivity contribution in [3.8, 4) is 0 Å². The van der Waals surface area contributed by atoms with E-state index < -0.39 is 43.9 Å². The summed E-state index contributed by atoms with van der Waals surface area (Å²) in [6, 6.07) is 2.68. The molecule has 28 heavy (non-hydrogen) atoms. The second-order valence-corrected chi connectivity index (χ2v) is 8.60. The number of carboxylic acid groups (broad SMARTS) is 1. The Morgan fingerprint density at radius 1 is 1.36 bits per heavy atom. The third-order valence-corrected chi connectivity index (χ3v) is 6.54. The Morgan fingerprint density at radius 3 is 2.46 bits per heavy atom. The third kappa shape index (κ3) is 3.49. The van der Waals surface area contributed by atoms with Crippen LogP contribution in [0, 0.1) is 6.92 Å². The maximum atomic E-state index is 13.1. The van der Waals surface area contributed by atoms with Gasteiger partial charge in [0.2, 0.25) is 10.0 Å². The van der Waals surface area contributed by atoms with Gasteiger partial charge in [0, 0.05) is 12.1 Å². The van der Waals surface area contributed by atoms with Crippen LogP contribution in [0.4, 0.5) is 13.2 Å². The lowest BCUT2D eigenvalue weighted by atomic mass is 10.0. The lowest BCUT2D eigenvalue weighted by Crippen LogP contribution is -2.36. The van der Waals surface area contributed by atoms with E-state index in [1.165, 1.54) is 14.0 Å². The summed E-state index contributed by atoms with van der Waals surface area (Å²) in [5.41, 5.74) is -2.89. The van der Waals surface area contributed by atoms with Gasteiger partial charge in [-0.1, -0.05) is 11.6 Å². The number of alkyl halides is 3. The average Bonchev–Trinajstić information content (AvgIpc) is 3.22. The molecule has 0 saturated heterocycles. The molecule has 152 valence electrons. The number of aromatic carboxylic acids is 1. The number of nitrogens with zero attached hydrogens (tertiary/aromatic N) is 2. The molecular weight excluding hydrogens is 423 g/mol. The largest absolute Gasteiger partial charge is 0.476 e. The normalized spacial score (nSPS) is 16.2. The van der Waals surface area contributed by atoms with Gasteiger partial charge in [-0.25, -0.2) is 17.9 Å². The molecule has 0 bridgehead atoms. The summed E-state index contributed by atoms with van der Waals surface area (Å²) >= 11 is 6.05. The fourth-order valence-electron chi connectivity index (χ4n) is 3.12. The van der Waals surface area contributed by atoms with Crippen molar-refractivity contribution in [3.05, 3.63) is 45.7 Å². The van der Waals surface area contributed by atoms with Crippen LogP contribution in [0.15, 0.2) is 23.1 Å². The van der Waals surface area contributed by atoms with Crippen molar-refractivity contribution in [2.45, 2.75) is 36.4 Å². The minimum atomic E-state index is -4.62. The zero-order valence-corrected chi connectivity index (χ0v) is 16.2. The zero-order valence-electron chi connectivity index (χ0n) is 14.6. The molecule has 1 aliphatic rings. The van der Waals surface area contributed by atoms with Gasteiger partial charge in [-0.3, -0.25) is 4.68 Å². The molecule has 2 aromatic rings. The Morgan fingerprint density at radius 2 is 1.96 bits per heavy atom. The SMILES string of the molecule is Cc1nn(C)c(C(=O)O)c1S(=O)(=O)NC1(c2cc(C(F)(F)F)ccc2Cl)CC1. The zero-order chi connectivity index (χ0) is 21.1. The Labute approximate surface area is 163 Å². The fraction of sp³-hybridized carbons (Fsp3) is 0.375. The molecule has 1 aromatic heterocycles. The first-order valence-electron chi connectivity index (χ1n) is 7.96. The monoisotopic (exact) mass is 437 g/mol. The maximum absolute atomic E-state index is 13.1. The van der Waals surface area contributed by atoms with E-state index in [0.717, 1.165) is 22.9 Å². The van der Waals surface area contributed by atoms with Crippen molar-refractivity contribution < 1.29 is 31.5 Å². The van der Waals surface area contributed by atoms with Gasteiger partial charge >= 0.3 is 12.1 Å². The molecule has 3 rings (SSSR count). The number of hydrogen-bond donors (Lipinski definition) is 2. The first-order chi connectivity index (χ1) is 12.8. The van der Waals surface area contributed by atoms with Crippen molar-refractivity contribution >= 4 is 27.6 Å². The van der Waals surface area contributed by atoms with E-state index in [4.69, 9.17) is 11.6 Å². The Balaban J connectivity index is 2.07. The first kappa shape index (κ1) is 20.6. The number of sulfonamides is 1. The van der Waals surface area contributed by atoms with Crippen LogP contribution >= 0.6 is 11.6 Å². The second kappa shape index (κ2) is 6.46. The van der Waals surface area contributed by atoms with Crippen molar-refractivity contribution in [1.82, 2.24) is 14.5 Å². The van der Waals surface area contributed by atoms with E-state index >= 15 is 0 Å². The van der Waals surface area contributed by atoms with Crippen molar-refractivity contribution in [2.75, 3.05) is 0 Å². The number of benzene rings is 1. The van der Waals surface area contributed by atoms with Crippen LogP contribution in [0.2, 0.25) is 5.02 Å². The first-order valence-corrected chi connectivity index (χ1v) is 9.83. The van der Waals surface area contributed by atoms with Crippen molar-refractivity contribution in [2.24, 2.45) is 7.05 Å². The summed E-state index contributed by atoms with van der Waals surface area (Å²) < 4.78 is 68.3. The molecule has 0 amide bonds. The van der Waals surface area contributed by atoms with Gasteiger partial charge in [0.1, 0.15) is 4.90 Å². The number of hydrogen-bond acceptors (Lipinski definition) is 4. The molecule has 1 aliphatic carbocycles. The van der Waals surface area contributed by atoms with E-state index in [2.05, 4.69) is 9.82 Å². The lowest BCUT2D eigenvalue weighted by molar-refractivity contribution is -0.137. The standard InChI is InChI=1S/C16H15ClF3N3O4S/c1-8-13(12(14(24)25)23(2)21-8)28(26,27)22-15(5-6-15)10-7-9(16(18,19)20)3-4-11(10)17/h3-4,7,22H,5-6H2,1-2H3,(H,24,25). The fourth-order valence-corrected chi connectivity index (χ4v) is 5.26. The third-order valence-electron chi connectivity index (χ3n) is 4.53. The topological polar surface area (TPSA) is 101 Å². The van der Waals surface area contributed by atoms with Gasteiger partial charge in [0.05, 0.1) is 16.8 Å². The van der Waals surface area contributed by atoms with Crippen molar-refractivity contribution in [1.29, 1.82) is 0 Å². The van der Waals surface area contributed by atoms with Crippen LogP contribution in [0.3, 0.4) is 0 Å². The number of carboxylic acids is 1. The van der Waals surface area contributed by atoms with Crippen LogP contribution in [0.5, 0.6) is 0 Å². The second-order valence-electron chi connectivity index (χ2n) is 6.57. The van der Waals surface area contributed by atoms with E-state index in [0.29, 0.717) is 0 Å². The summed E-state index contributed by atoms with van der Waals surface area (Å²) in [5, 5.41) is 13.1. The van der Waals surface area contributed by atoms with E-state index in [9.17, 15) is 31.5 Å². The highest BCUT2D eigenvalue weighted by Gasteiger charge is 2.50. The minimum Gasteiger partial charge on any atom is -0.476 e. The molecule has 0 unspecified atom stereocenters. The summed E-state index contributed by atoms with van der Waals surface area (Å²) in [7, 11) is -3.12. The van der Waals surface area contributed by atoms with Gasteiger partial charge in [0.15, 0.2) is 5.69 Å². The van der Waals surface area contributed by atoms with Gasteiger partial charge in [-0.2, -0.15) is 18.3 Å². The highest BCUT2D eigenvalue weighted by atomic mass is 35.5. The Hall–Kier alpha value is -2.11. The Bertz CT molecular complexity index is 1080. The maximum Gasteiger partial charge on any atom is 0.416 e. The molecule has 2 N–H and O–H groups in total. The molecule has 0 atom stereocenters. The minimum absolute atomic E-state index is 0.00835. The molecule has 1 aromatic carbocycles. The van der Waals surface area contributed by atoms with Crippen LogP contribution < -0.4 is 4.72 Å². The molecule has 0 aliphatic heterocycles. The molecule has 1 saturated carbocycles. The predicted octanol–water partition coefficient (Wildman–Crippen LogP) is 3.07. The van der Waals surface area contributed by atoms with Crippen LogP contribution in [-0.2, 0) is 28.8 Å². The highest BCUT2D eigenvalue weighted by Crippen LogP contribution is 2.50. The van der Waals surface area contributed by atoms with Crippen LogP contribution in [0.25, 0.3) is 0 Å². The van der Waals surface area contributed by atoms with Crippen LogP contribution in [-0.4, -0.2) is 29.3 Å². The highest BCUT2D eigenvalue weighted by molar-refractivity contribution is 7.89. The van der Waals surface area contributed by atoms with E-state index in [1.807, 2.05) is 0 Å². The van der Waals surface area contributed by atoms with Crippen LogP contribution in [0.1, 0.15) is 40.2 Å². The van der Waals surface area contributed by atoms with E-state index in [1.54, 1.807) is 0 Å². The number of nitrogens with one attached hydrogen (secondary N) is 1. The molecule has 1 heterocycles. The van der Waals surface area contributed by atoms with Gasteiger partial charge < -0.3 is 5.11 Å². The number of aromatic nitrogens is 2. The number of halogens is 4. The lowest BCUT2D eigenvalue weighted by Gasteiger charge is -2.21. The molecular formula is C16H15ClF3N3O4S. The van der Waals surface area contributed by atoms with Gasteiger partial charge in [-0.15, -0.1) is 0 Å². The number of rotatable bonds is 5.